The van der Waals surface area contributed by atoms with Crippen LogP contribution in [-0.4, -0.2) is 29.3 Å². The number of nitrogens with zero attached hydrogens (tertiary/aromatic N) is 5. The molecule has 0 saturated carbocycles. The molecule has 0 unspecified atom stereocenters. The van der Waals surface area contributed by atoms with Crippen LogP contribution in [0.25, 0.3) is 34.0 Å². The van der Waals surface area contributed by atoms with Crippen LogP contribution in [0, 0.1) is 5.82 Å². The quantitative estimate of drug-likeness (QED) is 0.329. The second-order valence-corrected chi connectivity index (χ2v) is 9.10. The number of nitrogens with one attached hydrogen (secondary N) is 1. The van der Waals surface area contributed by atoms with Crippen molar-refractivity contribution < 1.29 is 8.91 Å². The van der Waals surface area contributed by atoms with Gasteiger partial charge in [-0.3, -0.25) is 14.3 Å². The number of fused-ring (bicyclic) bond motifs is 1. The molecule has 39 heavy (non-hydrogen) atoms. The highest BCUT2D eigenvalue weighted by molar-refractivity contribution is 5.80. The van der Waals surface area contributed by atoms with E-state index in [-0.39, 0.29) is 17.8 Å². The first-order valence-corrected chi connectivity index (χ1v) is 12.5. The number of rotatable bonds is 7. The second kappa shape index (κ2) is 9.97. The number of aryl methyl sites for hydroxylation is 1. The fourth-order valence-electron chi connectivity index (χ4n) is 4.87. The summed E-state index contributed by atoms with van der Waals surface area (Å²) < 4.78 is 23.5. The van der Waals surface area contributed by atoms with Crippen LogP contribution in [-0.2, 0) is 12.8 Å². The van der Waals surface area contributed by atoms with E-state index >= 15 is 4.39 Å². The topological polar surface area (TPSA) is 111 Å². The van der Waals surface area contributed by atoms with Gasteiger partial charge in [0.1, 0.15) is 12.1 Å². The first-order valence-electron chi connectivity index (χ1n) is 12.5. The summed E-state index contributed by atoms with van der Waals surface area (Å²) in [5.74, 6) is -0.457. The molecule has 1 N–H and O–H groups in total. The number of hydrogen-bond acceptors (Lipinski definition) is 6. The van der Waals surface area contributed by atoms with Crippen molar-refractivity contribution in [1.29, 1.82) is 0 Å². The summed E-state index contributed by atoms with van der Waals surface area (Å²) in [5, 5.41) is 8.17. The third-order valence-corrected chi connectivity index (χ3v) is 6.65. The molecule has 3 aromatic heterocycles. The van der Waals surface area contributed by atoms with Gasteiger partial charge in [-0.2, -0.15) is 10.1 Å². The highest BCUT2D eigenvalue weighted by Crippen LogP contribution is 2.31. The van der Waals surface area contributed by atoms with E-state index in [4.69, 9.17) is 0 Å². The Morgan fingerprint density at radius 2 is 1.74 bits per heavy atom. The van der Waals surface area contributed by atoms with E-state index in [1.165, 1.54) is 17.0 Å². The lowest BCUT2D eigenvalue weighted by Gasteiger charge is -2.16. The molecule has 0 radical (unpaired) electrons. The van der Waals surface area contributed by atoms with Gasteiger partial charge in [-0.25, -0.2) is 18.3 Å². The summed E-state index contributed by atoms with van der Waals surface area (Å²) in [5.41, 5.74) is 3.82. The van der Waals surface area contributed by atoms with Gasteiger partial charge in [0.25, 0.3) is 5.56 Å². The Morgan fingerprint density at radius 3 is 2.46 bits per heavy atom. The lowest BCUT2D eigenvalue weighted by Crippen LogP contribution is -2.28. The summed E-state index contributed by atoms with van der Waals surface area (Å²) in [6, 6.07) is 21.3. The van der Waals surface area contributed by atoms with E-state index in [9.17, 15) is 9.59 Å². The Labute approximate surface area is 221 Å². The molecule has 0 fully saturated rings. The third kappa shape index (κ3) is 4.35. The molecule has 0 aliphatic rings. The molecule has 10 heteroatoms. The van der Waals surface area contributed by atoms with E-state index in [0.29, 0.717) is 51.4 Å². The molecule has 0 atom stereocenters. The number of aromatic amines is 1. The Bertz CT molecular complexity index is 1920. The van der Waals surface area contributed by atoms with Crippen molar-refractivity contribution in [2.24, 2.45) is 0 Å². The van der Waals surface area contributed by atoms with Crippen LogP contribution in [0.5, 0.6) is 0 Å². The number of hydrogen-bond donors (Lipinski definition) is 1. The number of H-pyrrole nitrogens is 1. The van der Waals surface area contributed by atoms with Crippen molar-refractivity contribution >= 4 is 5.78 Å². The molecule has 0 saturated heterocycles. The molecule has 0 aliphatic carbocycles. The summed E-state index contributed by atoms with van der Waals surface area (Å²) in [7, 11) is 0. The van der Waals surface area contributed by atoms with Crippen LogP contribution < -0.4 is 11.3 Å². The van der Waals surface area contributed by atoms with Gasteiger partial charge < -0.3 is 0 Å². The predicted molar refractivity (Wildman–Crippen MR) is 143 cm³/mol. The Kier molecular flexibility index (Phi) is 6.20. The number of benzene rings is 3. The first kappa shape index (κ1) is 24.2. The SMILES string of the molecule is CCCc1c(Cc2ccc(-c3ccccc3-c3noc(=O)[nH]3)cc2F)c(=O)n(-c2ccccc2)c2ncnn12. The summed E-state index contributed by atoms with van der Waals surface area (Å²) >= 11 is 0. The van der Waals surface area contributed by atoms with E-state index in [1.54, 1.807) is 28.8 Å². The molecular formula is C29H23FN6O3. The minimum atomic E-state index is -0.672. The van der Waals surface area contributed by atoms with Crippen molar-refractivity contribution in [3.8, 4) is 28.2 Å². The van der Waals surface area contributed by atoms with Gasteiger partial charge in [-0.1, -0.05) is 73.1 Å². The maximum absolute atomic E-state index is 15.7. The van der Waals surface area contributed by atoms with Gasteiger partial charge in [-0.15, -0.1) is 0 Å². The molecule has 0 spiro atoms. The summed E-state index contributed by atoms with van der Waals surface area (Å²) in [4.78, 5) is 32.3. The molecule has 9 nitrogen and oxygen atoms in total. The van der Waals surface area contributed by atoms with E-state index in [1.807, 2.05) is 49.4 Å². The van der Waals surface area contributed by atoms with Crippen LogP contribution in [0.3, 0.4) is 0 Å². The third-order valence-electron chi connectivity index (χ3n) is 6.65. The summed E-state index contributed by atoms with van der Waals surface area (Å²) in [6.07, 6.45) is 2.87. The molecule has 194 valence electrons. The predicted octanol–water partition coefficient (Wildman–Crippen LogP) is 4.57. The number of aromatic nitrogens is 6. The number of para-hydroxylation sites is 1. The molecular weight excluding hydrogens is 499 g/mol. The van der Waals surface area contributed by atoms with Crippen molar-refractivity contribution in [3.63, 3.8) is 0 Å². The van der Waals surface area contributed by atoms with Crippen LogP contribution in [0.1, 0.15) is 30.2 Å². The molecule has 0 aliphatic heterocycles. The maximum Gasteiger partial charge on any atom is 0.439 e. The van der Waals surface area contributed by atoms with Crippen LogP contribution in [0.2, 0.25) is 0 Å². The van der Waals surface area contributed by atoms with Crippen molar-refractivity contribution in [3.05, 3.63) is 123 Å². The molecule has 0 bridgehead atoms. The second-order valence-electron chi connectivity index (χ2n) is 9.10. The zero-order valence-electron chi connectivity index (χ0n) is 21.0. The summed E-state index contributed by atoms with van der Waals surface area (Å²) in [6.45, 7) is 2.02. The molecule has 6 rings (SSSR count). The molecule has 3 heterocycles. The van der Waals surface area contributed by atoms with E-state index in [2.05, 4.69) is 24.7 Å². The monoisotopic (exact) mass is 522 g/mol. The minimum absolute atomic E-state index is 0.0845. The molecule has 0 amide bonds. The zero-order chi connectivity index (χ0) is 26.9. The van der Waals surface area contributed by atoms with Gasteiger partial charge in [-0.05, 0) is 41.3 Å². The van der Waals surface area contributed by atoms with Gasteiger partial charge >= 0.3 is 5.76 Å². The average molecular weight is 523 g/mol. The van der Waals surface area contributed by atoms with Gasteiger partial charge in [0.05, 0.1) is 11.4 Å². The van der Waals surface area contributed by atoms with E-state index < -0.39 is 11.6 Å². The average Bonchev–Trinajstić information content (AvgIpc) is 3.61. The molecule has 6 aromatic rings. The lowest BCUT2D eigenvalue weighted by atomic mass is 9.95. The zero-order valence-corrected chi connectivity index (χ0v) is 21.0. The lowest BCUT2D eigenvalue weighted by molar-refractivity contribution is 0.388. The standard InChI is InChI=1S/C29H23FN6O3/c1-2-8-25-23(27(37)35(20-9-4-3-5-10-20)28-31-17-32-36(25)28)15-19-14-13-18(16-24(19)30)21-11-6-7-12-22(21)26-33-29(38)39-34-26/h3-7,9-14,16-17H,2,8,15H2,1H3,(H,33,34,38). The van der Waals surface area contributed by atoms with Crippen molar-refractivity contribution in [1.82, 2.24) is 29.3 Å². The van der Waals surface area contributed by atoms with Crippen molar-refractivity contribution in [2.45, 2.75) is 26.2 Å². The smallest absolute Gasteiger partial charge is 0.296 e. The Hall–Kier alpha value is -5.12. The van der Waals surface area contributed by atoms with Crippen molar-refractivity contribution in [2.75, 3.05) is 0 Å². The maximum atomic E-state index is 15.7. The van der Waals surface area contributed by atoms with E-state index in [0.717, 1.165) is 6.42 Å². The minimum Gasteiger partial charge on any atom is -0.296 e. The van der Waals surface area contributed by atoms with Crippen LogP contribution >= 0.6 is 0 Å². The van der Waals surface area contributed by atoms with Crippen LogP contribution in [0.4, 0.5) is 4.39 Å². The Morgan fingerprint density at radius 1 is 0.974 bits per heavy atom. The fourth-order valence-corrected chi connectivity index (χ4v) is 4.87. The normalized spacial score (nSPS) is 11.3. The highest BCUT2D eigenvalue weighted by Gasteiger charge is 2.21. The van der Waals surface area contributed by atoms with Gasteiger partial charge in [0.2, 0.25) is 5.78 Å². The highest BCUT2D eigenvalue weighted by atomic mass is 19.1. The fraction of sp³-hybridized carbons (Fsp3) is 0.138. The largest absolute Gasteiger partial charge is 0.439 e. The van der Waals surface area contributed by atoms with Gasteiger partial charge in [0, 0.05) is 17.5 Å². The Balaban J connectivity index is 1.46. The van der Waals surface area contributed by atoms with Crippen LogP contribution in [0.15, 0.2) is 93.2 Å². The number of halogens is 1. The van der Waals surface area contributed by atoms with Gasteiger partial charge in [0.15, 0.2) is 5.82 Å². The first-order chi connectivity index (χ1) is 19.0. The molecule has 3 aromatic carbocycles.